The van der Waals surface area contributed by atoms with E-state index >= 15 is 0 Å². The molecule has 1 aliphatic carbocycles. The molecule has 2 aromatic heterocycles. The molecule has 1 aromatic carbocycles. The molecule has 1 atom stereocenters. The van der Waals surface area contributed by atoms with Crippen LogP contribution in [0, 0.1) is 12.3 Å². The lowest BCUT2D eigenvalue weighted by Crippen LogP contribution is -2.25. The number of benzene rings is 1. The Labute approximate surface area is 192 Å². The van der Waals surface area contributed by atoms with Gasteiger partial charge in [-0.05, 0) is 55.5 Å². The summed E-state index contributed by atoms with van der Waals surface area (Å²) in [5.74, 6) is 5.51. The average Bonchev–Trinajstić information content (AvgIpc) is 3.15. The van der Waals surface area contributed by atoms with Gasteiger partial charge in [-0.1, -0.05) is 23.6 Å². The highest BCUT2D eigenvalue weighted by Gasteiger charge is 2.32. The largest absolute Gasteiger partial charge is 0.474 e. The summed E-state index contributed by atoms with van der Waals surface area (Å²) < 4.78 is 14.2. The first kappa shape index (κ1) is 21.0. The molecule has 3 heterocycles. The van der Waals surface area contributed by atoms with Crippen molar-refractivity contribution in [2.24, 2.45) is 0 Å². The van der Waals surface area contributed by atoms with Crippen LogP contribution in [0.5, 0.6) is 5.88 Å². The minimum atomic E-state index is -0.0518. The second-order valence-electron chi connectivity index (χ2n) is 8.39. The van der Waals surface area contributed by atoms with Crippen LogP contribution in [-0.2, 0) is 17.6 Å². The molecule has 0 spiro atoms. The molecule has 2 aliphatic rings. The molecular formula is C25H25ClN4O2. The van der Waals surface area contributed by atoms with Crippen LogP contribution >= 0.6 is 11.6 Å². The molecule has 0 amide bonds. The van der Waals surface area contributed by atoms with Gasteiger partial charge in [0, 0.05) is 36.0 Å². The van der Waals surface area contributed by atoms with Crippen LogP contribution in [0.15, 0.2) is 42.6 Å². The maximum Gasteiger partial charge on any atom is 0.213 e. The van der Waals surface area contributed by atoms with Crippen LogP contribution < -0.4 is 4.74 Å². The highest BCUT2D eigenvalue weighted by Crippen LogP contribution is 2.37. The Morgan fingerprint density at radius 2 is 1.94 bits per heavy atom. The lowest BCUT2D eigenvalue weighted by molar-refractivity contribution is 0.0780. The van der Waals surface area contributed by atoms with E-state index in [1.165, 1.54) is 0 Å². The van der Waals surface area contributed by atoms with Crippen molar-refractivity contribution >= 4 is 11.6 Å². The second-order valence-corrected chi connectivity index (χ2v) is 8.82. The van der Waals surface area contributed by atoms with Crippen molar-refractivity contribution < 1.29 is 9.47 Å². The second kappa shape index (κ2) is 9.32. The summed E-state index contributed by atoms with van der Waals surface area (Å²) in [4.78, 5) is 4.29. The molecule has 0 radical (unpaired) electrons. The maximum atomic E-state index is 6.32. The number of aromatic nitrogens is 4. The molecule has 0 saturated heterocycles. The van der Waals surface area contributed by atoms with Gasteiger partial charge in [0.25, 0.3) is 0 Å². The fourth-order valence-electron chi connectivity index (χ4n) is 4.76. The van der Waals surface area contributed by atoms with E-state index < -0.39 is 0 Å². The number of fused-ring (bicyclic) bond motifs is 3. The van der Waals surface area contributed by atoms with Crippen LogP contribution in [0.3, 0.4) is 0 Å². The number of rotatable bonds is 5. The van der Waals surface area contributed by atoms with Gasteiger partial charge in [0.05, 0.1) is 11.8 Å². The Bertz CT molecular complexity index is 1120. The first-order chi connectivity index (χ1) is 15.7. The Kier molecular flexibility index (Phi) is 6.11. The SMILES string of the molecule is C#CCOC1Cc2cc(Cl)ccc2-n2c(nnc2[C@H]2CC[C@H](Oc3ccccn3)CC2)C1. The topological polar surface area (TPSA) is 62.1 Å². The highest BCUT2D eigenvalue weighted by molar-refractivity contribution is 6.30. The predicted molar refractivity (Wildman–Crippen MR) is 122 cm³/mol. The van der Waals surface area contributed by atoms with Crippen molar-refractivity contribution in [3.05, 3.63) is 64.8 Å². The zero-order valence-electron chi connectivity index (χ0n) is 17.8. The smallest absolute Gasteiger partial charge is 0.213 e. The van der Waals surface area contributed by atoms with Crippen molar-refractivity contribution in [1.82, 2.24) is 19.7 Å². The zero-order valence-corrected chi connectivity index (χ0v) is 18.5. The summed E-state index contributed by atoms with van der Waals surface area (Å²) >= 11 is 6.32. The van der Waals surface area contributed by atoms with Crippen molar-refractivity contribution in [2.45, 2.75) is 56.7 Å². The number of halogens is 1. The summed E-state index contributed by atoms with van der Waals surface area (Å²) in [5, 5.41) is 9.92. The van der Waals surface area contributed by atoms with E-state index in [0.717, 1.165) is 55.0 Å². The van der Waals surface area contributed by atoms with Crippen LogP contribution in [0.2, 0.25) is 5.02 Å². The Hall–Kier alpha value is -2.88. The molecule has 6 nitrogen and oxygen atoms in total. The first-order valence-electron chi connectivity index (χ1n) is 11.1. The molecule has 1 saturated carbocycles. The molecule has 1 aliphatic heterocycles. The van der Waals surface area contributed by atoms with Crippen LogP contribution in [0.1, 0.15) is 48.8 Å². The molecule has 1 fully saturated rings. The molecule has 5 rings (SSSR count). The molecular weight excluding hydrogens is 424 g/mol. The monoisotopic (exact) mass is 448 g/mol. The molecule has 3 aromatic rings. The van der Waals surface area contributed by atoms with Gasteiger partial charge in [-0.15, -0.1) is 16.6 Å². The highest BCUT2D eigenvalue weighted by atomic mass is 35.5. The number of hydrogen-bond donors (Lipinski definition) is 0. The number of nitrogens with zero attached hydrogens (tertiary/aromatic N) is 4. The van der Waals surface area contributed by atoms with E-state index in [0.29, 0.717) is 23.2 Å². The summed E-state index contributed by atoms with van der Waals surface area (Å²) in [6.07, 6.45) is 12.6. The standard InChI is InChI=1S/C25H25ClN4O2/c1-2-13-31-21-15-18-14-19(26)8-11-22(18)30-23(16-21)28-29-25(30)17-6-9-20(10-7-17)32-24-5-3-4-12-27-24/h1,3-5,8,11-12,14,17,20-21H,6-7,9-10,13,15-16H2/t17-,20-,21?. The summed E-state index contributed by atoms with van der Waals surface area (Å²) in [5.41, 5.74) is 2.22. The summed E-state index contributed by atoms with van der Waals surface area (Å²) in [7, 11) is 0. The Balaban J connectivity index is 1.38. The first-order valence-corrected chi connectivity index (χ1v) is 11.4. The van der Waals surface area contributed by atoms with E-state index in [9.17, 15) is 0 Å². The maximum absolute atomic E-state index is 6.32. The minimum Gasteiger partial charge on any atom is -0.474 e. The molecule has 1 unspecified atom stereocenters. The van der Waals surface area contributed by atoms with Crippen molar-refractivity contribution in [3.8, 4) is 23.9 Å². The fraction of sp³-hybridized carbons (Fsp3) is 0.400. The van der Waals surface area contributed by atoms with Crippen LogP contribution in [0.4, 0.5) is 0 Å². The van der Waals surface area contributed by atoms with Gasteiger partial charge in [-0.2, -0.15) is 0 Å². The van der Waals surface area contributed by atoms with Crippen molar-refractivity contribution in [1.29, 1.82) is 0 Å². The zero-order chi connectivity index (χ0) is 21.9. The quantitative estimate of drug-likeness (QED) is 0.536. The summed E-state index contributed by atoms with van der Waals surface area (Å²) in [6, 6.07) is 11.8. The number of hydrogen-bond acceptors (Lipinski definition) is 5. The molecule has 0 bridgehead atoms. The van der Waals surface area contributed by atoms with E-state index in [-0.39, 0.29) is 18.8 Å². The molecule has 7 heteroatoms. The summed E-state index contributed by atoms with van der Waals surface area (Å²) in [6.45, 7) is 0.280. The Morgan fingerprint density at radius 1 is 1.06 bits per heavy atom. The Morgan fingerprint density at radius 3 is 2.72 bits per heavy atom. The van der Waals surface area contributed by atoms with Crippen molar-refractivity contribution in [2.75, 3.05) is 6.61 Å². The van der Waals surface area contributed by atoms with Crippen LogP contribution in [0.25, 0.3) is 5.69 Å². The minimum absolute atomic E-state index is 0.0518. The molecule has 32 heavy (non-hydrogen) atoms. The van der Waals surface area contributed by atoms with E-state index in [1.54, 1.807) is 6.20 Å². The van der Waals surface area contributed by atoms with Gasteiger partial charge in [0.2, 0.25) is 5.88 Å². The lowest BCUT2D eigenvalue weighted by atomic mass is 9.86. The molecule has 0 N–H and O–H groups in total. The van der Waals surface area contributed by atoms with Crippen LogP contribution in [-0.4, -0.2) is 38.6 Å². The van der Waals surface area contributed by atoms with Gasteiger partial charge >= 0.3 is 0 Å². The third-order valence-corrected chi connectivity index (χ3v) is 6.50. The third kappa shape index (κ3) is 4.36. The van der Waals surface area contributed by atoms with Gasteiger partial charge in [-0.3, -0.25) is 4.57 Å². The number of pyridine rings is 1. The number of terminal acetylenes is 1. The van der Waals surface area contributed by atoms with E-state index in [1.807, 2.05) is 30.3 Å². The lowest BCUT2D eigenvalue weighted by Gasteiger charge is -2.28. The molecule has 164 valence electrons. The third-order valence-electron chi connectivity index (χ3n) is 6.26. The van der Waals surface area contributed by atoms with E-state index in [4.69, 9.17) is 27.5 Å². The predicted octanol–water partition coefficient (Wildman–Crippen LogP) is 4.54. The van der Waals surface area contributed by atoms with E-state index in [2.05, 4.69) is 31.7 Å². The van der Waals surface area contributed by atoms with Crippen molar-refractivity contribution in [3.63, 3.8) is 0 Å². The van der Waals surface area contributed by atoms with Gasteiger partial charge in [0.15, 0.2) is 0 Å². The number of ether oxygens (including phenoxy) is 2. The van der Waals surface area contributed by atoms with Gasteiger partial charge < -0.3 is 9.47 Å². The van der Waals surface area contributed by atoms with Gasteiger partial charge in [0.1, 0.15) is 24.4 Å². The van der Waals surface area contributed by atoms with Gasteiger partial charge in [-0.25, -0.2) is 4.98 Å². The fourth-order valence-corrected chi connectivity index (χ4v) is 4.95. The average molecular weight is 449 g/mol. The normalized spacial score (nSPS) is 22.3.